The van der Waals surface area contributed by atoms with E-state index in [-0.39, 0.29) is 0 Å². The highest BCUT2D eigenvalue weighted by Crippen LogP contribution is 2.43. The van der Waals surface area contributed by atoms with Crippen molar-refractivity contribution in [2.24, 2.45) is 0 Å². The second-order valence-corrected chi connectivity index (χ2v) is 4.82. The van der Waals surface area contributed by atoms with Gasteiger partial charge in [0.05, 0.1) is 21.3 Å². The first kappa shape index (κ1) is 13.5. The van der Waals surface area contributed by atoms with E-state index in [1.54, 1.807) is 21.3 Å². The second-order valence-electron chi connectivity index (χ2n) is 4.82. The maximum absolute atomic E-state index is 5.66. The van der Waals surface area contributed by atoms with Crippen molar-refractivity contribution in [2.75, 3.05) is 21.3 Å². The second kappa shape index (κ2) is 5.13. The van der Waals surface area contributed by atoms with E-state index in [2.05, 4.69) is 4.98 Å². The van der Waals surface area contributed by atoms with Crippen LogP contribution in [0.1, 0.15) is 5.56 Å². The molecule has 0 aliphatic rings. The maximum Gasteiger partial charge on any atom is 0.213 e. The van der Waals surface area contributed by atoms with E-state index in [1.165, 1.54) is 0 Å². The van der Waals surface area contributed by atoms with Crippen molar-refractivity contribution in [3.63, 3.8) is 0 Å². The predicted octanol–water partition coefficient (Wildman–Crippen LogP) is 3.72. The quantitative estimate of drug-likeness (QED) is 0.687. The van der Waals surface area contributed by atoms with Crippen molar-refractivity contribution in [3.05, 3.63) is 35.9 Å². The average Bonchev–Trinajstić information content (AvgIpc) is 2.52. The molecule has 0 bridgehead atoms. The van der Waals surface area contributed by atoms with Crippen LogP contribution in [0.15, 0.2) is 30.3 Å². The maximum atomic E-state index is 5.66. The third-order valence-electron chi connectivity index (χ3n) is 3.67. The number of aromatic nitrogens is 1. The van der Waals surface area contributed by atoms with Gasteiger partial charge >= 0.3 is 0 Å². The Balaban J connectivity index is 2.60. The van der Waals surface area contributed by atoms with Crippen LogP contribution in [0.5, 0.6) is 17.4 Å². The Morgan fingerprint density at radius 3 is 2.05 bits per heavy atom. The number of ether oxygens (including phenoxy) is 3. The van der Waals surface area contributed by atoms with E-state index in [1.807, 2.05) is 37.3 Å². The Kier molecular flexibility index (Phi) is 3.29. The standard InChI is InChI=1S/C17H17NO3/c1-10-9-13(19-2)18-15-14(10)16(20-3)11-7-5-6-8-12(11)17(15)21-4/h5-9H,1-4H3. The fraction of sp³-hybridized carbons (Fsp3) is 0.235. The van der Waals surface area contributed by atoms with Crippen LogP contribution < -0.4 is 14.2 Å². The van der Waals surface area contributed by atoms with E-state index in [4.69, 9.17) is 14.2 Å². The van der Waals surface area contributed by atoms with Gasteiger partial charge in [-0.3, -0.25) is 0 Å². The van der Waals surface area contributed by atoms with Crippen LogP contribution in [0.3, 0.4) is 0 Å². The van der Waals surface area contributed by atoms with Gasteiger partial charge in [-0.05, 0) is 12.5 Å². The summed E-state index contributed by atoms with van der Waals surface area (Å²) in [6.07, 6.45) is 0. The van der Waals surface area contributed by atoms with Crippen LogP contribution in [0.25, 0.3) is 21.7 Å². The van der Waals surface area contributed by atoms with Gasteiger partial charge < -0.3 is 14.2 Å². The largest absolute Gasteiger partial charge is 0.495 e. The number of hydrogen-bond donors (Lipinski definition) is 0. The molecule has 0 atom stereocenters. The van der Waals surface area contributed by atoms with Crippen molar-refractivity contribution < 1.29 is 14.2 Å². The summed E-state index contributed by atoms with van der Waals surface area (Å²) < 4.78 is 16.6. The van der Waals surface area contributed by atoms with Crippen molar-refractivity contribution >= 4 is 21.7 Å². The number of aryl methyl sites for hydroxylation is 1. The van der Waals surface area contributed by atoms with Crippen LogP contribution in [-0.4, -0.2) is 26.3 Å². The SMILES string of the molecule is COc1cc(C)c2c(OC)c3ccccc3c(OC)c2n1. The Labute approximate surface area is 123 Å². The van der Waals surface area contributed by atoms with Gasteiger partial charge in [-0.1, -0.05) is 24.3 Å². The van der Waals surface area contributed by atoms with Gasteiger partial charge in [-0.15, -0.1) is 0 Å². The average molecular weight is 283 g/mol. The first-order valence-corrected chi connectivity index (χ1v) is 6.69. The lowest BCUT2D eigenvalue weighted by Gasteiger charge is -2.16. The van der Waals surface area contributed by atoms with Crippen molar-refractivity contribution in [3.8, 4) is 17.4 Å². The van der Waals surface area contributed by atoms with Gasteiger partial charge in [0.15, 0.2) is 5.75 Å². The number of benzene rings is 2. The van der Waals surface area contributed by atoms with E-state index in [0.717, 1.165) is 38.7 Å². The molecule has 0 saturated heterocycles. The van der Waals surface area contributed by atoms with Crippen molar-refractivity contribution in [1.29, 1.82) is 0 Å². The minimum absolute atomic E-state index is 0.565. The molecule has 4 heteroatoms. The summed E-state index contributed by atoms with van der Waals surface area (Å²) in [5.74, 6) is 2.12. The minimum Gasteiger partial charge on any atom is -0.495 e. The van der Waals surface area contributed by atoms with Crippen LogP contribution in [0.2, 0.25) is 0 Å². The Morgan fingerprint density at radius 2 is 1.48 bits per heavy atom. The summed E-state index contributed by atoms with van der Waals surface area (Å²) in [5, 5.41) is 2.94. The molecule has 21 heavy (non-hydrogen) atoms. The molecule has 0 spiro atoms. The van der Waals surface area contributed by atoms with Crippen LogP contribution >= 0.6 is 0 Å². The number of rotatable bonds is 3. The van der Waals surface area contributed by atoms with Crippen LogP contribution in [-0.2, 0) is 0 Å². The van der Waals surface area contributed by atoms with Gasteiger partial charge in [0.25, 0.3) is 0 Å². The van der Waals surface area contributed by atoms with E-state index in [0.29, 0.717) is 5.88 Å². The summed E-state index contributed by atoms with van der Waals surface area (Å²) in [6, 6.07) is 9.90. The normalized spacial score (nSPS) is 10.9. The first-order chi connectivity index (χ1) is 10.2. The Hall–Kier alpha value is -2.49. The van der Waals surface area contributed by atoms with Gasteiger partial charge in [0.1, 0.15) is 11.3 Å². The van der Waals surface area contributed by atoms with E-state index in [9.17, 15) is 0 Å². The third kappa shape index (κ3) is 1.95. The summed E-state index contributed by atoms with van der Waals surface area (Å²) in [4.78, 5) is 4.56. The summed E-state index contributed by atoms with van der Waals surface area (Å²) in [7, 11) is 4.94. The number of methoxy groups -OCH3 is 3. The monoisotopic (exact) mass is 283 g/mol. The summed E-state index contributed by atoms with van der Waals surface area (Å²) >= 11 is 0. The van der Waals surface area contributed by atoms with Gasteiger partial charge in [-0.25, -0.2) is 4.98 Å². The molecule has 0 aliphatic heterocycles. The Bertz CT molecular complexity index is 827. The van der Waals surface area contributed by atoms with Gasteiger partial charge in [-0.2, -0.15) is 0 Å². The summed E-state index contributed by atoms with van der Waals surface area (Å²) in [6.45, 7) is 2.02. The lowest BCUT2D eigenvalue weighted by Crippen LogP contribution is -1.98. The fourth-order valence-electron chi connectivity index (χ4n) is 2.76. The molecule has 108 valence electrons. The van der Waals surface area contributed by atoms with Crippen LogP contribution in [0.4, 0.5) is 0 Å². The molecule has 1 heterocycles. The zero-order valence-electron chi connectivity index (χ0n) is 12.6. The lowest BCUT2D eigenvalue weighted by molar-refractivity contribution is 0.396. The molecule has 2 aromatic carbocycles. The first-order valence-electron chi connectivity index (χ1n) is 6.69. The number of pyridine rings is 1. The van der Waals surface area contributed by atoms with E-state index < -0.39 is 0 Å². The molecule has 0 aliphatic carbocycles. The molecular weight excluding hydrogens is 266 g/mol. The molecule has 0 amide bonds. The molecule has 0 fully saturated rings. The zero-order chi connectivity index (χ0) is 15.0. The highest BCUT2D eigenvalue weighted by Gasteiger charge is 2.18. The van der Waals surface area contributed by atoms with Crippen molar-refractivity contribution in [2.45, 2.75) is 6.92 Å². The summed E-state index contributed by atoms with van der Waals surface area (Å²) in [5.41, 5.74) is 1.79. The lowest BCUT2D eigenvalue weighted by atomic mass is 10.0. The molecule has 1 aromatic heterocycles. The molecule has 4 nitrogen and oxygen atoms in total. The van der Waals surface area contributed by atoms with E-state index >= 15 is 0 Å². The molecule has 0 radical (unpaired) electrons. The topological polar surface area (TPSA) is 40.6 Å². The molecule has 0 saturated carbocycles. The highest BCUT2D eigenvalue weighted by atomic mass is 16.5. The van der Waals surface area contributed by atoms with Gasteiger partial charge in [0.2, 0.25) is 5.88 Å². The van der Waals surface area contributed by atoms with Crippen molar-refractivity contribution in [1.82, 2.24) is 4.98 Å². The molecule has 3 rings (SSSR count). The molecular formula is C17H17NO3. The Morgan fingerprint density at radius 1 is 0.857 bits per heavy atom. The smallest absolute Gasteiger partial charge is 0.213 e. The predicted molar refractivity (Wildman–Crippen MR) is 83.6 cm³/mol. The molecule has 3 aromatic rings. The number of nitrogens with zero attached hydrogens (tertiary/aromatic N) is 1. The highest BCUT2D eigenvalue weighted by molar-refractivity contribution is 6.10. The van der Waals surface area contributed by atoms with Gasteiger partial charge in [0, 0.05) is 22.2 Å². The molecule has 0 unspecified atom stereocenters. The fourth-order valence-corrected chi connectivity index (χ4v) is 2.76. The third-order valence-corrected chi connectivity index (χ3v) is 3.67. The number of fused-ring (bicyclic) bond motifs is 2. The zero-order valence-corrected chi connectivity index (χ0v) is 12.6. The number of hydrogen-bond acceptors (Lipinski definition) is 4. The molecule has 0 N–H and O–H groups in total. The minimum atomic E-state index is 0.565. The van der Waals surface area contributed by atoms with Crippen LogP contribution in [0, 0.1) is 6.92 Å².